The third-order valence-electron chi connectivity index (χ3n) is 5.90. The quantitative estimate of drug-likeness (QED) is 0.841. The van der Waals surface area contributed by atoms with Crippen LogP contribution in [0.1, 0.15) is 56.8 Å². The van der Waals surface area contributed by atoms with E-state index in [1.54, 1.807) is 0 Å². The van der Waals surface area contributed by atoms with Crippen LogP contribution in [-0.2, 0) is 0 Å². The molecule has 24 heavy (non-hydrogen) atoms. The van der Waals surface area contributed by atoms with Crippen molar-refractivity contribution < 1.29 is 5.11 Å². The van der Waals surface area contributed by atoms with Gasteiger partial charge in [0.2, 0.25) is 0 Å². The summed E-state index contributed by atoms with van der Waals surface area (Å²) in [7, 11) is 0. The first-order valence-corrected chi connectivity index (χ1v) is 9.16. The summed E-state index contributed by atoms with van der Waals surface area (Å²) in [6.07, 6.45) is 1.83. The molecule has 0 saturated carbocycles. The second-order valence-corrected chi connectivity index (χ2v) is 7.26. The van der Waals surface area contributed by atoms with Crippen molar-refractivity contribution in [1.29, 1.82) is 0 Å². The van der Waals surface area contributed by atoms with Crippen molar-refractivity contribution in [3.8, 4) is 0 Å². The predicted octanol–water partition coefficient (Wildman–Crippen LogP) is 4.88. The van der Waals surface area contributed by atoms with Crippen LogP contribution in [0, 0.1) is 11.8 Å². The van der Waals surface area contributed by atoms with Crippen LogP contribution in [0.3, 0.4) is 0 Å². The number of piperidine rings is 1. The average molecular weight is 323 g/mol. The molecule has 0 spiro atoms. The van der Waals surface area contributed by atoms with Crippen molar-refractivity contribution in [2.45, 2.75) is 51.3 Å². The van der Waals surface area contributed by atoms with Crippen molar-refractivity contribution in [1.82, 2.24) is 5.32 Å². The lowest BCUT2D eigenvalue weighted by atomic mass is 9.64. The molecule has 2 nitrogen and oxygen atoms in total. The van der Waals surface area contributed by atoms with Crippen LogP contribution in [-0.4, -0.2) is 10.7 Å². The summed E-state index contributed by atoms with van der Waals surface area (Å²) in [5.74, 6) is 0.324. The molecule has 5 atom stereocenters. The van der Waals surface area contributed by atoms with E-state index < -0.39 is 5.60 Å². The van der Waals surface area contributed by atoms with Gasteiger partial charge in [-0.15, -0.1) is 0 Å². The third kappa shape index (κ3) is 3.01. The summed E-state index contributed by atoms with van der Waals surface area (Å²) in [6.45, 7) is 6.55. The zero-order valence-electron chi connectivity index (χ0n) is 14.9. The minimum absolute atomic E-state index is 0.157. The normalized spacial score (nSPS) is 33.3. The molecule has 1 aliphatic heterocycles. The van der Waals surface area contributed by atoms with Gasteiger partial charge in [-0.1, -0.05) is 87.9 Å². The van der Waals surface area contributed by atoms with Gasteiger partial charge in [0, 0.05) is 23.9 Å². The second-order valence-electron chi connectivity index (χ2n) is 7.26. The van der Waals surface area contributed by atoms with Crippen LogP contribution >= 0.6 is 0 Å². The van der Waals surface area contributed by atoms with E-state index in [4.69, 9.17) is 0 Å². The van der Waals surface area contributed by atoms with Crippen molar-refractivity contribution in [3.63, 3.8) is 0 Å². The molecule has 1 saturated heterocycles. The molecule has 1 unspecified atom stereocenters. The standard InChI is InChI=1S/C22H29NO/c1-4-15-22(24)16(2)20(18-11-7-5-8-12-18)23-21(17(22)3)19-13-9-6-10-14-19/h5-14,16-17,20-21,23-24H,4,15H2,1-3H3/t16-,17+,20-,21-,22?/m0/s1. The Kier molecular flexibility index (Phi) is 5.07. The number of hydrogen-bond acceptors (Lipinski definition) is 2. The molecular formula is C22H29NO. The fourth-order valence-corrected chi connectivity index (χ4v) is 4.42. The van der Waals surface area contributed by atoms with Gasteiger partial charge in [-0.2, -0.15) is 0 Å². The maximum Gasteiger partial charge on any atom is 0.0734 e. The van der Waals surface area contributed by atoms with Crippen LogP contribution in [0.4, 0.5) is 0 Å². The van der Waals surface area contributed by atoms with Gasteiger partial charge < -0.3 is 10.4 Å². The van der Waals surface area contributed by atoms with Crippen LogP contribution < -0.4 is 5.32 Å². The Labute approximate surface area is 145 Å². The van der Waals surface area contributed by atoms with Crippen molar-refractivity contribution in [2.24, 2.45) is 11.8 Å². The van der Waals surface area contributed by atoms with E-state index >= 15 is 0 Å². The van der Waals surface area contributed by atoms with Gasteiger partial charge in [0.1, 0.15) is 0 Å². The molecule has 1 fully saturated rings. The minimum Gasteiger partial charge on any atom is -0.389 e. The molecule has 2 aromatic rings. The summed E-state index contributed by atoms with van der Waals surface area (Å²) < 4.78 is 0. The van der Waals surface area contributed by atoms with E-state index in [-0.39, 0.29) is 23.9 Å². The average Bonchev–Trinajstić information content (AvgIpc) is 2.62. The van der Waals surface area contributed by atoms with E-state index in [1.807, 2.05) is 12.1 Å². The minimum atomic E-state index is -0.666. The summed E-state index contributed by atoms with van der Waals surface area (Å²) in [5, 5.41) is 15.5. The van der Waals surface area contributed by atoms with Crippen molar-refractivity contribution >= 4 is 0 Å². The zero-order chi connectivity index (χ0) is 17.2. The Bertz CT molecular complexity index is 588. The first-order chi connectivity index (χ1) is 11.6. The molecule has 0 aromatic heterocycles. The van der Waals surface area contributed by atoms with Gasteiger partial charge in [-0.25, -0.2) is 0 Å². The SMILES string of the molecule is CCCC1(O)[C@H](C)[C@@H](c2ccccc2)N[C@H](c2ccccc2)[C@@H]1C. The molecule has 0 bridgehead atoms. The van der Waals surface area contributed by atoms with Gasteiger partial charge >= 0.3 is 0 Å². The predicted molar refractivity (Wildman–Crippen MR) is 99.7 cm³/mol. The maximum atomic E-state index is 11.6. The first-order valence-electron chi connectivity index (χ1n) is 9.16. The Morgan fingerprint density at radius 2 is 1.25 bits per heavy atom. The highest BCUT2D eigenvalue weighted by molar-refractivity contribution is 5.27. The molecular weight excluding hydrogens is 294 g/mol. The highest BCUT2D eigenvalue weighted by Crippen LogP contribution is 2.48. The lowest BCUT2D eigenvalue weighted by Crippen LogP contribution is -2.57. The smallest absolute Gasteiger partial charge is 0.0734 e. The summed E-state index contributed by atoms with van der Waals surface area (Å²) in [5.41, 5.74) is 1.85. The molecule has 0 amide bonds. The summed E-state index contributed by atoms with van der Waals surface area (Å²) >= 11 is 0. The Morgan fingerprint density at radius 1 is 0.833 bits per heavy atom. The van der Waals surface area contributed by atoms with E-state index in [9.17, 15) is 5.11 Å². The molecule has 3 rings (SSSR count). The van der Waals surface area contributed by atoms with Crippen LogP contribution in [0.25, 0.3) is 0 Å². The Balaban J connectivity index is 2.02. The topological polar surface area (TPSA) is 32.3 Å². The van der Waals surface area contributed by atoms with Crippen LogP contribution in [0.15, 0.2) is 60.7 Å². The lowest BCUT2D eigenvalue weighted by molar-refractivity contribution is -0.116. The first kappa shape index (κ1) is 17.2. The van der Waals surface area contributed by atoms with Crippen LogP contribution in [0.5, 0.6) is 0 Å². The second kappa shape index (κ2) is 7.08. The number of benzene rings is 2. The van der Waals surface area contributed by atoms with Gasteiger partial charge in [0.25, 0.3) is 0 Å². The van der Waals surface area contributed by atoms with Crippen LogP contribution in [0.2, 0.25) is 0 Å². The lowest BCUT2D eigenvalue weighted by Gasteiger charge is -2.52. The number of rotatable bonds is 4. The third-order valence-corrected chi connectivity index (χ3v) is 5.90. The van der Waals surface area contributed by atoms with Crippen molar-refractivity contribution in [2.75, 3.05) is 0 Å². The monoisotopic (exact) mass is 323 g/mol. The number of aliphatic hydroxyl groups is 1. The highest BCUT2D eigenvalue weighted by Gasteiger charge is 2.50. The largest absolute Gasteiger partial charge is 0.389 e. The van der Waals surface area contributed by atoms with Gasteiger partial charge in [0.15, 0.2) is 0 Å². The van der Waals surface area contributed by atoms with E-state index in [0.717, 1.165) is 12.8 Å². The molecule has 0 radical (unpaired) electrons. The van der Waals surface area contributed by atoms with Gasteiger partial charge in [0.05, 0.1) is 5.60 Å². The van der Waals surface area contributed by atoms with E-state index in [2.05, 4.69) is 74.6 Å². The number of nitrogens with one attached hydrogen (secondary N) is 1. The Morgan fingerprint density at radius 3 is 1.62 bits per heavy atom. The number of hydrogen-bond donors (Lipinski definition) is 2. The fraction of sp³-hybridized carbons (Fsp3) is 0.455. The highest BCUT2D eigenvalue weighted by atomic mass is 16.3. The molecule has 1 heterocycles. The van der Waals surface area contributed by atoms with Gasteiger partial charge in [-0.05, 0) is 17.5 Å². The van der Waals surface area contributed by atoms with Gasteiger partial charge in [-0.3, -0.25) is 0 Å². The molecule has 128 valence electrons. The fourth-order valence-electron chi connectivity index (χ4n) is 4.42. The van der Waals surface area contributed by atoms with E-state index in [0.29, 0.717) is 0 Å². The van der Waals surface area contributed by atoms with Crippen molar-refractivity contribution in [3.05, 3.63) is 71.8 Å². The molecule has 0 aliphatic carbocycles. The molecule has 1 aliphatic rings. The molecule has 2 N–H and O–H groups in total. The summed E-state index contributed by atoms with van der Waals surface area (Å²) in [4.78, 5) is 0. The molecule has 2 heteroatoms. The van der Waals surface area contributed by atoms with E-state index in [1.165, 1.54) is 11.1 Å². The Hall–Kier alpha value is -1.64. The maximum absolute atomic E-state index is 11.6. The zero-order valence-corrected chi connectivity index (χ0v) is 14.9. The summed E-state index contributed by atoms with van der Waals surface area (Å²) in [6, 6.07) is 21.4. The molecule has 2 aromatic carbocycles.